The second-order valence-electron chi connectivity index (χ2n) is 3.97. The molecule has 0 aromatic rings. The number of carbonyl (C=O) groups is 1. The van der Waals surface area contributed by atoms with Crippen molar-refractivity contribution < 1.29 is 14.6 Å². The van der Waals surface area contributed by atoms with E-state index in [9.17, 15) is 9.90 Å². The molecular formula is C9H14O3. The number of hydrogen-bond acceptors (Lipinski definition) is 3. The number of hydrogen-bond donors (Lipinski definition) is 1. The summed E-state index contributed by atoms with van der Waals surface area (Å²) in [5, 5.41) is 9.55. The third kappa shape index (κ3) is 1.12. The van der Waals surface area contributed by atoms with Crippen LogP contribution in [0.5, 0.6) is 0 Å². The molecule has 0 bridgehead atoms. The molecule has 0 aromatic carbocycles. The molecule has 1 aliphatic carbocycles. The van der Waals surface area contributed by atoms with Crippen LogP contribution in [0.4, 0.5) is 0 Å². The van der Waals surface area contributed by atoms with Gasteiger partial charge >= 0.3 is 5.97 Å². The summed E-state index contributed by atoms with van der Waals surface area (Å²) in [6.07, 6.45) is 1.06. The van der Waals surface area contributed by atoms with Gasteiger partial charge in [-0.1, -0.05) is 6.92 Å². The van der Waals surface area contributed by atoms with Gasteiger partial charge in [0.25, 0.3) is 0 Å². The van der Waals surface area contributed by atoms with Gasteiger partial charge in [0.15, 0.2) is 0 Å². The van der Waals surface area contributed by atoms with Crippen LogP contribution < -0.4 is 0 Å². The number of fused-ring (bicyclic) bond motifs is 1. The first-order chi connectivity index (χ1) is 5.68. The number of esters is 1. The van der Waals surface area contributed by atoms with E-state index in [1.165, 1.54) is 0 Å². The summed E-state index contributed by atoms with van der Waals surface area (Å²) in [4.78, 5) is 10.9. The van der Waals surface area contributed by atoms with Gasteiger partial charge in [0.2, 0.25) is 0 Å². The number of aliphatic hydroxyl groups excluding tert-OH is 1. The van der Waals surface area contributed by atoms with Gasteiger partial charge in [-0.15, -0.1) is 0 Å². The Morgan fingerprint density at radius 3 is 3.08 bits per heavy atom. The van der Waals surface area contributed by atoms with Crippen LogP contribution in [0.1, 0.15) is 19.8 Å². The van der Waals surface area contributed by atoms with Crippen LogP contribution >= 0.6 is 0 Å². The Balaban J connectivity index is 2.09. The monoisotopic (exact) mass is 170 g/mol. The lowest BCUT2D eigenvalue weighted by Crippen LogP contribution is -2.30. The molecule has 1 heterocycles. The third-order valence-electron chi connectivity index (χ3n) is 3.30. The SMILES string of the molecule is CC1C(O)C[C@@H]2CC(=O)OC[C@H]12. The van der Waals surface area contributed by atoms with Crippen LogP contribution in [-0.4, -0.2) is 23.8 Å². The minimum atomic E-state index is -0.227. The minimum Gasteiger partial charge on any atom is -0.465 e. The van der Waals surface area contributed by atoms with E-state index in [0.717, 1.165) is 6.42 Å². The molecule has 2 rings (SSSR count). The van der Waals surface area contributed by atoms with E-state index in [1.54, 1.807) is 0 Å². The Labute approximate surface area is 71.7 Å². The van der Waals surface area contributed by atoms with Crippen LogP contribution in [0, 0.1) is 17.8 Å². The molecule has 2 fully saturated rings. The molecule has 1 saturated carbocycles. The average molecular weight is 170 g/mol. The Morgan fingerprint density at radius 1 is 1.58 bits per heavy atom. The maximum absolute atomic E-state index is 10.9. The zero-order chi connectivity index (χ0) is 8.72. The highest BCUT2D eigenvalue weighted by Crippen LogP contribution is 2.41. The molecule has 0 spiro atoms. The Morgan fingerprint density at radius 2 is 2.33 bits per heavy atom. The summed E-state index contributed by atoms with van der Waals surface area (Å²) in [6, 6.07) is 0. The number of cyclic esters (lactones) is 1. The number of ether oxygens (including phenoxy) is 1. The van der Waals surface area contributed by atoms with Gasteiger partial charge in [-0.2, -0.15) is 0 Å². The minimum absolute atomic E-state index is 0.0995. The quantitative estimate of drug-likeness (QED) is 0.540. The third-order valence-corrected chi connectivity index (χ3v) is 3.30. The van der Waals surface area contributed by atoms with E-state index in [1.807, 2.05) is 6.92 Å². The van der Waals surface area contributed by atoms with E-state index in [-0.39, 0.29) is 12.1 Å². The smallest absolute Gasteiger partial charge is 0.306 e. The van der Waals surface area contributed by atoms with Crippen molar-refractivity contribution >= 4 is 5.97 Å². The van der Waals surface area contributed by atoms with Gasteiger partial charge in [-0.3, -0.25) is 4.79 Å². The molecule has 0 aromatic heterocycles. The summed E-state index contributed by atoms with van der Waals surface area (Å²) in [5.74, 6) is 0.967. The number of carbonyl (C=O) groups excluding carboxylic acids is 1. The largest absolute Gasteiger partial charge is 0.465 e. The fourth-order valence-corrected chi connectivity index (χ4v) is 2.40. The van der Waals surface area contributed by atoms with Gasteiger partial charge in [0.05, 0.1) is 12.7 Å². The van der Waals surface area contributed by atoms with E-state index >= 15 is 0 Å². The van der Waals surface area contributed by atoms with Crippen molar-refractivity contribution in [2.45, 2.75) is 25.9 Å². The molecule has 2 unspecified atom stereocenters. The van der Waals surface area contributed by atoms with E-state index in [4.69, 9.17) is 4.74 Å². The summed E-state index contributed by atoms with van der Waals surface area (Å²) in [6.45, 7) is 2.55. The maximum atomic E-state index is 10.9. The first kappa shape index (κ1) is 8.05. The molecule has 3 heteroatoms. The highest BCUT2D eigenvalue weighted by Gasteiger charge is 2.43. The van der Waals surface area contributed by atoms with E-state index < -0.39 is 0 Å². The summed E-state index contributed by atoms with van der Waals surface area (Å²) < 4.78 is 4.96. The average Bonchev–Trinajstić information content (AvgIpc) is 2.28. The fourth-order valence-electron chi connectivity index (χ4n) is 2.40. The van der Waals surface area contributed by atoms with Crippen LogP contribution in [0.25, 0.3) is 0 Å². The molecule has 0 amide bonds. The lowest BCUT2D eigenvalue weighted by molar-refractivity contribution is -0.152. The summed E-state index contributed by atoms with van der Waals surface area (Å²) >= 11 is 0. The Hall–Kier alpha value is -0.570. The first-order valence-electron chi connectivity index (χ1n) is 4.52. The Kier molecular flexibility index (Phi) is 1.83. The molecular weight excluding hydrogens is 156 g/mol. The molecule has 3 nitrogen and oxygen atoms in total. The highest BCUT2D eigenvalue weighted by atomic mass is 16.5. The molecule has 1 aliphatic heterocycles. The lowest BCUT2D eigenvalue weighted by Gasteiger charge is -2.26. The summed E-state index contributed by atoms with van der Waals surface area (Å²) in [7, 11) is 0. The lowest BCUT2D eigenvalue weighted by atomic mass is 9.87. The van der Waals surface area contributed by atoms with E-state index in [0.29, 0.717) is 30.8 Å². The molecule has 68 valence electrons. The van der Waals surface area contributed by atoms with Gasteiger partial charge in [-0.05, 0) is 18.3 Å². The van der Waals surface area contributed by atoms with Crippen molar-refractivity contribution in [3.8, 4) is 0 Å². The predicted molar refractivity (Wildman–Crippen MR) is 42.3 cm³/mol. The molecule has 4 atom stereocenters. The summed E-state index contributed by atoms with van der Waals surface area (Å²) in [5.41, 5.74) is 0. The normalized spacial score (nSPS) is 47.0. The predicted octanol–water partition coefficient (Wildman–Crippen LogP) is 0.566. The number of aliphatic hydroxyl groups is 1. The Bertz CT molecular complexity index is 202. The van der Waals surface area contributed by atoms with Crippen molar-refractivity contribution in [2.75, 3.05) is 6.61 Å². The standard InChI is InChI=1S/C9H14O3/c1-5-7-4-12-9(11)3-6(7)2-8(5)10/h5-8,10H,2-4H2,1H3/t5?,6-,7-,8?/m1/s1. The molecule has 12 heavy (non-hydrogen) atoms. The highest BCUT2D eigenvalue weighted by molar-refractivity contribution is 5.70. The molecule has 0 radical (unpaired) electrons. The van der Waals surface area contributed by atoms with E-state index in [2.05, 4.69) is 0 Å². The van der Waals surface area contributed by atoms with Crippen LogP contribution in [0.15, 0.2) is 0 Å². The van der Waals surface area contributed by atoms with Crippen LogP contribution in [0.3, 0.4) is 0 Å². The maximum Gasteiger partial charge on any atom is 0.306 e. The van der Waals surface area contributed by atoms with Crippen molar-refractivity contribution in [3.63, 3.8) is 0 Å². The van der Waals surface area contributed by atoms with Crippen molar-refractivity contribution in [1.29, 1.82) is 0 Å². The molecule has 1 saturated heterocycles. The molecule has 2 aliphatic rings. The van der Waals surface area contributed by atoms with Crippen LogP contribution in [0.2, 0.25) is 0 Å². The van der Waals surface area contributed by atoms with Crippen molar-refractivity contribution in [3.05, 3.63) is 0 Å². The van der Waals surface area contributed by atoms with Crippen LogP contribution in [-0.2, 0) is 9.53 Å². The number of rotatable bonds is 0. The van der Waals surface area contributed by atoms with Crippen molar-refractivity contribution in [1.82, 2.24) is 0 Å². The second kappa shape index (κ2) is 2.73. The second-order valence-corrected chi connectivity index (χ2v) is 3.97. The fraction of sp³-hybridized carbons (Fsp3) is 0.889. The zero-order valence-electron chi connectivity index (χ0n) is 7.19. The van der Waals surface area contributed by atoms with Gasteiger partial charge in [0.1, 0.15) is 0 Å². The topological polar surface area (TPSA) is 46.5 Å². The van der Waals surface area contributed by atoms with Gasteiger partial charge < -0.3 is 9.84 Å². The van der Waals surface area contributed by atoms with Crippen molar-refractivity contribution in [2.24, 2.45) is 17.8 Å². The van der Waals surface area contributed by atoms with Gasteiger partial charge in [0, 0.05) is 12.3 Å². The zero-order valence-corrected chi connectivity index (χ0v) is 7.19. The molecule has 1 N–H and O–H groups in total. The first-order valence-corrected chi connectivity index (χ1v) is 4.52. The van der Waals surface area contributed by atoms with Gasteiger partial charge in [-0.25, -0.2) is 0 Å².